The van der Waals surface area contributed by atoms with E-state index < -0.39 is 5.91 Å². The molecule has 0 fully saturated rings. The SMILES string of the molecule is CCOc1ccc(OCc2ccc(C(=O)Nc3cc4oc5ccccc5c4cc3OC)o2)cc1. The molecule has 34 heavy (non-hydrogen) atoms. The maximum atomic E-state index is 12.8. The Morgan fingerprint density at radius 2 is 1.62 bits per heavy atom. The summed E-state index contributed by atoms with van der Waals surface area (Å²) in [5.41, 5.74) is 1.91. The van der Waals surface area contributed by atoms with Gasteiger partial charge in [-0.2, -0.15) is 0 Å². The van der Waals surface area contributed by atoms with Gasteiger partial charge in [0.25, 0.3) is 5.91 Å². The Bertz CT molecular complexity index is 1450. The van der Waals surface area contributed by atoms with Gasteiger partial charge in [0.05, 0.1) is 19.4 Å². The van der Waals surface area contributed by atoms with E-state index in [-0.39, 0.29) is 12.4 Å². The molecule has 5 rings (SSSR count). The summed E-state index contributed by atoms with van der Waals surface area (Å²) in [5, 5.41) is 4.74. The van der Waals surface area contributed by atoms with Crippen molar-refractivity contribution < 1.29 is 27.8 Å². The molecule has 0 aliphatic heterocycles. The van der Waals surface area contributed by atoms with Crippen LogP contribution in [0.5, 0.6) is 17.2 Å². The molecule has 0 unspecified atom stereocenters. The lowest BCUT2D eigenvalue weighted by atomic mass is 10.1. The number of ether oxygens (including phenoxy) is 3. The zero-order valence-corrected chi connectivity index (χ0v) is 18.8. The van der Waals surface area contributed by atoms with Gasteiger partial charge in [-0.1, -0.05) is 18.2 Å². The van der Waals surface area contributed by atoms with Gasteiger partial charge in [0.2, 0.25) is 0 Å². The molecule has 2 heterocycles. The van der Waals surface area contributed by atoms with Gasteiger partial charge < -0.3 is 28.4 Å². The fraction of sp³-hybridized carbons (Fsp3) is 0.148. The van der Waals surface area contributed by atoms with Crippen LogP contribution in [0.3, 0.4) is 0 Å². The summed E-state index contributed by atoms with van der Waals surface area (Å²) < 4.78 is 28.3. The van der Waals surface area contributed by atoms with Crippen molar-refractivity contribution in [2.75, 3.05) is 19.0 Å². The third-order valence-corrected chi connectivity index (χ3v) is 5.35. The predicted molar refractivity (Wildman–Crippen MR) is 129 cm³/mol. The molecule has 3 aromatic carbocycles. The second-order valence-electron chi connectivity index (χ2n) is 7.56. The molecule has 0 bridgehead atoms. The molecule has 7 nitrogen and oxygen atoms in total. The lowest BCUT2D eigenvalue weighted by molar-refractivity contribution is 0.0992. The lowest BCUT2D eigenvalue weighted by Gasteiger charge is -2.09. The molecule has 172 valence electrons. The smallest absolute Gasteiger partial charge is 0.291 e. The van der Waals surface area contributed by atoms with Crippen LogP contribution >= 0.6 is 0 Å². The fourth-order valence-electron chi connectivity index (χ4n) is 3.73. The first-order valence-electron chi connectivity index (χ1n) is 10.9. The number of hydrogen-bond donors (Lipinski definition) is 1. The van der Waals surface area contributed by atoms with Crippen LogP contribution in [0.4, 0.5) is 5.69 Å². The van der Waals surface area contributed by atoms with Crippen LogP contribution in [-0.4, -0.2) is 19.6 Å². The van der Waals surface area contributed by atoms with Crippen LogP contribution in [0, 0.1) is 0 Å². The van der Waals surface area contributed by atoms with Gasteiger partial charge in [0.15, 0.2) is 5.76 Å². The number of rotatable bonds is 8. The Labute approximate surface area is 195 Å². The highest BCUT2D eigenvalue weighted by molar-refractivity contribution is 6.09. The van der Waals surface area contributed by atoms with E-state index in [1.54, 1.807) is 25.3 Å². The number of anilines is 1. The Hall–Kier alpha value is -4.39. The number of carbonyl (C=O) groups is 1. The average molecular weight is 457 g/mol. The molecule has 1 amide bonds. The monoisotopic (exact) mass is 457 g/mol. The summed E-state index contributed by atoms with van der Waals surface area (Å²) >= 11 is 0. The third kappa shape index (κ3) is 4.28. The van der Waals surface area contributed by atoms with Crippen LogP contribution in [0.2, 0.25) is 0 Å². The van der Waals surface area contributed by atoms with Crippen LogP contribution in [-0.2, 0) is 6.61 Å². The summed E-state index contributed by atoms with van der Waals surface area (Å²) in [6.45, 7) is 2.73. The predicted octanol–water partition coefficient (Wildman–Crippen LogP) is 6.42. The second-order valence-corrected chi connectivity index (χ2v) is 7.56. The zero-order chi connectivity index (χ0) is 23.5. The van der Waals surface area contributed by atoms with E-state index in [1.807, 2.05) is 61.5 Å². The van der Waals surface area contributed by atoms with Crippen LogP contribution in [0.1, 0.15) is 23.2 Å². The number of para-hydroxylation sites is 1. The van der Waals surface area contributed by atoms with Gasteiger partial charge in [-0.25, -0.2) is 0 Å². The molecular weight excluding hydrogens is 434 g/mol. The minimum atomic E-state index is -0.402. The van der Waals surface area contributed by atoms with Crippen molar-refractivity contribution in [3.8, 4) is 17.2 Å². The first-order chi connectivity index (χ1) is 16.6. The highest BCUT2D eigenvalue weighted by Crippen LogP contribution is 2.36. The average Bonchev–Trinajstić information content (AvgIpc) is 3.48. The van der Waals surface area contributed by atoms with Crippen molar-refractivity contribution in [3.05, 3.63) is 84.3 Å². The van der Waals surface area contributed by atoms with Gasteiger partial charge in [0.1, 0.15) is 40.8 Å². The molecule has 0 spiro atoms. The van der Waals surface area contributed by atoms with Crippen molar-refractivity contribution in [3.63, 3.8) is 0 Å². The normalized spacial score (nSPS) is 11.0. The van der Waals surface area contributed by atoms with Gasteiger partial charge in [-0.05, 0) is 55.5 Å². The summed E-state index contributed by atoms with van der Waals surface area (Å²) in [6.07, 6.45) is 0. The largest absolute Gasteiger partial charge is 0.495 e. The number of fused-ring (bicyclic) bond motifs is 3. The molecule has 0 atom stereocenters. The first kappa shape index (κ1) is 21.5. The highest BCUT2D eigenvalue weighted by Gasteiger charge is 2.17. The standard InChI is InChI=1S/C27H23NO6/c1-3-31-17-8-10-18(11-9-17)32-16-19-12-13-24(33-19)27(29)28-22-15-25-21(14-26(22)30-2)20-6-4-5-7-23(20)34-25/h4-15H,3,16H2,1-2H3,(H,28,29). The molecule has 1 N–H and O–H groups in total. The van der Waals surface area contributed by atoms with Crippen molar-refractivity contribution >= 4 is 33.5 Å². The van der Waals surface area contributed by atoms with Crippen LogP contribution < -0.4 is 19.5 Å². The number of amides is 1. The summed E-state index contributed by atoms with van der Waals surface area (Å²) in [4.78, 5) is 12.8. The summed E-state index contributed by atoms with van der Waals surface area (Å²) in [7, 11) is 1.56. The highest BCUT2D eigenvalue weighted by atomic mass is 16.5. The van der Waals surface area contributed by atoms with Crippen molar-refractivity contribution in [2.24, 2.45) is 0 Å². The molecule has 2 aromatic heterocycles. The quantitative estimate of drug-likeness (QED) is 0.290. The molecule has 0 saturated carbocycles. The van der Waals surface area contributed by atoms with E-state index in [4.69, 9.17) is 23.0 Å². The van der Waals surface area contributed by atoms with Gasteiger partial charge >= 0.3 is 0 Å². The number of carbonyl (C=O) groups excluding carboxylic acids is 1. The number of methoxy groups -OCH3 is 1. The van der Waals surface area contributed by atoms with Gasteiger partial charge in [-0.15, -0.1) is 0 Å². The van der Waals surface area contributed by atoms with E-state index in [9.17, 15) is 4.79 Å². The van der Waals surface area contributed by atoms with Crippen LogP contribution in [0.15, 0.2) is 81.6 Å². The van der Waals surface area contributed by atoms with E-state index in [2.05, 4.69) is 5.32 Å². The molecular formula is C27H23NO6. The van der Waals surface area contributed by atoms with E-state index in [0.29, 0.717) is 35.1 Å². The molecule has 0 saturated heterocycles. The molecule has 0 aliphatic carbocycles. The van der Waals surface area contributed by atoms with E-state index in [0.717, 1.165) is 22.1 Å². The minimum absolute atomic E-state index is 0.164. The summed E-state index contributed by atoms with van der Waals surface area (Å²) in [5.74, 6) is 2.27. The van der Waals surface area contributed by atoms with Crippen molar-refractivity contribution in [1.82, 2.24) is 0 Å². The minimum Gasteiger partial charge on any atom is -0.495 e. The number of benzene rings is 3. The molecule has 7 heteroatoms. The van der Waals surface area contributed by atoms with Crippen molar-refractivity contribution in [2.45, 2.75) is 13.5 Å². The molecule has 5 aromatic rings. The second kappa shape index (κ2) is 9.23. The Morgan fingerprint density at radius 3 is 2.38 bits per heavy atom. The zero-order valence-electron chi connectivity index (χ0n) is 18.8. The third-order valence-electron chi connectivity index (χ3n) is 5.35. The maximum Gasteiger partial charge on any atom is 0.291 e. The first-order valence-corrected chi connectivity index (χ1v) is 10.9. The Morgan fingerprint density at radius 1 is 0.853 bits per heavy atom. The van der Waals surface area contributed by atoms with Gasteiger partial charge in [0, 0.05) is 16.8 Å². The fourth-order valence-corrected chi connectivity index (χ4v) is 3.73. The summed E-state index contributed by atoms with van der Waals surface area (Å²) in [6, 6.07) is 22.0. The molecule has 0 radical (unpaired) electrons. The number of furan rings is 2. The van der Waals surface area contributed by atoms with E-state index >= 15 is 0 Å². The van der Waals surface area contributed by atoms with E-state index in [1.165, 1.54) is 0 Å². The van der Waals surface area contributed by atoms with Gasteiger partial charge in [-0.3, -0.25) is 4.79 Å². The number of nitrogens with one attached hydrogen (secondary N) is 1. The topological polar surface area (TPSA) is 83.1 Å². The Balaban J connectivity index is 1.29. The maximum absolute atomic E-state index is 12.8. The molecule has 0 aliphatic rings. The van der Waals surface area contributed by atoms with Crippen molar-refractivity contribution in [1.29, 1.82) is 0 Å². The Kier molecular flexibility index (Phi) is 5.82. The lowest BCUT2D eigenvalue weighted by Crippen LogP contribution is -2.11. The number of hydrogen-bond acceptors (Lipinski definition) is 6. The van der Waals surface area contributed by atoms with Crippen LogP contribution in [0.25, 0.3) is 21.9 Å².